The third kappa shape index (κ3) is 2.95. The van der Waals surface area contributed by atoms with Crippen LogP contribution in [0.4, 0.5) is 0 Å². The van der Waals surface area contributed by atoms with Gasteiger partial charge in [0.2, 0.25) is 0 Å². The molecule has 0 amide bonds. The summed E-state index contributed by atoms with van der Waals surface area (Å²) in [5.41, 5.74) is 10.1. The summed E-state index contributed by atoms with van der Waals surface area (Å²) >= 11 is 0. The van der Waals surface area contributed by atoms with Gasteiger partial charge in [0.15, 0.2) is 0 Å². The number of hydrogen-bond acceptors (Lipinski definition) is 0. The molecule has 0 aromatic heterocycles. The van der Waals surface area contributed by atoms with Gasteiger partial charge in [0.05, 0.1) is 0 Å². The van der Waals surface area contributed by atoms with Crippen LogP contribution in [0.15, 0.2) is 0 Å². The highest BCUT2D eigenvalue weighted by atomic mass is 14.3. The third-order valence-corrected chi connectivity index (χ3v) is 4.58. The molecule has 0 spiro atoms. The lowest BCUT2D eigenvalue weighted by molar-refractivity contribution is 0.572. The molecule has 0 saturated carbocycles. The highest BCUT2D eigenvalue weighted by molar-refractivity contribution is 5.54. The Morgan fingerprint density at radius 3 is 0.950 bits per heavy atom. The predicted molar refractivity (Wildman–Crippen MR) is 92.0 cm³/mol. The Balaban J connectivity index is 3.90. The zero-order valence-corrected chi connectivity index (χ0v) is 15.0. The van der Waals surface area contributed by atoms with E-state index in [0.717, 1.165) is 0 Å². The molecule has 0 heteroatoms. The summed E-state index contributed by atoms with van der Waals surface area (Å²) in [6, 6.07) is 0. The molecule has 0 N–H and O–H groups in total. The fourth-order valence-corrected chi connectivity index (χ4v) is 4.00. The molecule has 1 rings (SSSR count). The van der Waals surface area contributed by atoms with Crippen LogP contribution in [-0.4, -0.2) is 0 Å². The van der Waals surface area contributed by atoms with E-state index in [1.807, 2.05) is 0 Å². The normalized spacial score (nSPS) is 12.0. The molecule has 0 bridgehead atoms. The van der Waals surface area contributed by atoms with Crippen molar-refractivity contribution in [3.63, 3.8) is 0 Å². The van der Waals surface area contributed by atoms with Crippen LogP contribution in [0.1, 0.15) is 88.8 Å². The Bertz CT molecular complexity index is 425. The summed E-state index contributed by atoms with van der Waals surface area (Å²) < 4.78 is 0. The van der Waals surface area contributed by atoms with E-state index in [9.17, 15) is 0 Å². The van der Waals surface area contributed by atoms with Gasteiger partial charge in [-0.1, -0.05) is 55.4 Å². The van der Waals surface area contributed by atoms with Crippen molar-refractivity contribution in [1.29, 1.82) is 0 Å². The first-order chi connectivity index (χ1) is 9.37. The maximum atomic E-state index is 2.38. The van der Waals surface area contributed by atoms with Crippen molar-refractivity contribution in [1.82, 2.24) is 0 Å². The Hall–Kier alpha value is -0.780. The number of hydrogen-bond donors (Lipinski definition) is 0. The molecule has 1 aromatic rings. The first-order valence-corrected chi connectivity index (χ1v) is 8.55. The van der Waals surface area contributed by atoms with E-state index >= 15 is 0 Å². The molecule has 0 nitrogen and oxygen atoms in total. The van der Waals surface area contributed by atoms with Crippen molar-refractivity contribution in [2.75, 3.05) is 0 Å². The molecule has 0 aliphatic rings. The van der Waals surface area contributed by atoms with E-state index in [1.54, 1.807) is 33.4 Å². The van der Waals surface area contributed by atoms with Crippen molar-refractivity contribution in [2.24, 2.45) is 0 Å². The summed E-state index contributed by atoms with van der Waals surface area (Å²) in [4.78, 5) is 0. The standard InChI is InChI=1S/C20H34/c1-9-14-15(10-2)17(12-4)19(20(6,7)8)18(13-5)16(14)11-3/h9-13H2,1-8H3. The second kappa shape index (κ2) is 6.78. The highest BCUT2D eigenvalue weighted by Crippen LogP contribution is 2.37. The zero-order valence-electron chi connectivity index (χ0n) is 15.0. The molecule has 114 valence electrons. The van der Waals surface area contributed by atoms with Gasteiger partial charge in [-0.25, -0.2) is 0 Å². The second-order valence-corrected chi connectivity index (χ2v) is 6.79. The molecular weight excluding hydrogens is 240 g/mol. The van der Waals surface area contributed by atoms with Crippen molar-refractivity contribution in [2.45, 2.75) is 92.9 Å². The van der Waals surface area contributed by atoms with E-state index in [0.29, 0.717) is 0 Å². The lowest BCUT2D eigenvalue weighted by Gasteiger charge is -2.32. The van der Waals surface area contributed by atoms with E-state index in [2.05, 4.69) is 55.4 Å². The lowest BCUT2D eigenvalue weighted by atomic mass is 9.73. The van der Waals surface area contributed by atoms with Gasteiger partial charge in [-0.3, -0.25) is 0 Å². The zero-order chi connectivity index (χ0) is 15.5. The van der Waals surface area contributed by atoms with Crippen LogP contribution >= 0.6 is 0 Å². The minimum Gasteiger partial charge on any atom is -0.0613 e. The largest absolute Gasteiger partial charge is 0.0613 e. The summed E-state index contributed by atoms with van der Waals surface area (Å²) in [7, 11) is 0. The van der Waals surface area contributed by atoms with E-state index < -0.39 is 0 Å². The van der Waals surface area contributed by atoms with Crippen LogP contribution in [0.5, 0.6) is 0 Å². The van der Waals surface area contributed by atoms with E-state index in [4.69, 9.17) is 0 Å². The van der Waals surface area contributed by atoms with E-state index in [-0.39, 0.29) is 5.41 Å². The number of benzene rings is 1. The monoisotopic (exact) mass is 274 g/mol. The van der Waals surface area contributed by atoms with Gasteiger partial charge in [-0.2, -0.15) is 0 Å². The van der Waals surface area contributed by atoms with Gasteiger partial charge in [-0.15, -0.1) is 0 Å². The van der Waals surface area contributed by atoms with E-state index in [1.165, 1.54) is 32.1 Å². The van der Waals surface area contributed by atoms with Crippen molar-refractivity contribution in [3.05, 3.63) is 33.4 Å². The van der Waals surface area contributed by atoms with Crippen molar-refractivity contribution >= 4 is 0 Å². The van der Waals surface area contributed by atoms with Crippen LogP contribution in [-0.2, 0) is 37.5 Å². The van der Waals surface area contributed by atoms with Crippen LogP contribution in [0.3, 0.4) is 0 Å². The maximum absolute atomic E-state index is 2.38. The SMILES string of the molecule is CCc1c(CC)c(CC)c(C(C)(C)C)c(CC)c1CC. The second-order valence-electron chi connectivity index (χ2n) is 6.79. The molecule has 20 heavy (non-hydrogen) atoms. The summed E-state index contributed by atoms with van der Waals surface area (Å²) in [5, 5.41) is 0. The van der Waals surface area contributed by atoms with Gasteiger partial charge < -0.3 is 0 Å². The first-order valence-electron chi connectivity index (χ1n) is 8.55. The molecule has 0 heterocycles. The van der Waals surface area contributed by atoms with Gasteiger partial charge in [-0.05, 0) is 70.9 Å². The summed E-state index contributed by atoms with van der Waals surface area (Å²) in [6.07, 6.45) is 5.86. The Morgan fingerprint density at radius 1 is 0.500 bits per heavy atom. The quantitative estimate of drug-likeness (QED) is 0.637. The molecule has 0 unspecified atom stereocenters. The number of rotatable bonds is 5. The highest BCUT2D eigenvalue weighted by Gasteiger charge is 2.26. The van der Waals surface area contributed by atoms with Crippen LogP contribution in [0.2, 0.25) is 0 Å². The first kappa shape index (κ1) is 17.3. The van der Waals surface area contributed by atoms with Gasteiger partial charge >= 0.3 is 0 Å². The average Bonchev–Trinajstić information content (AvgIpc) is 2.42. The summed E-state index contributed by atoms with van der Waals surface area (Å²) in [6.45, 7) is 18.8. The van der Waals surface area contributed by atoms with Crippen LogP contribution in [0, 0.1) is 0 Å². The van der Waals surface area contributed by atoms with Crippen molar-refractivity contribution < 1.29 is 0 Å². The lowest BCUT2D eigenvalue weighted by Crippen LogP contribution is -2.22. The molecule has 1 aromatic carbocycles. The Labute approximate surface area is 127 Å². The molecular formula is C20H34. The average molecular weight is 274 g/mol. The molecule has 0 aliphatic carbocycles. The topological polar surface area (TPSA) is 0 Å². The third-order valence-electron chi connectivity index (χ3n) is 4.58. The Morgan fingerprint density at radius 2 is 0.750 bits per heavy atom. The minimum absolute atomic E-state index is 0.247. The minimum atomic E-state index is 0.247. The van der Waals surface area contributed by atoms with Gasteiger partial charge in [0.1, 0.15) is 0 Å². The molecule has 0 saturated heterocycles. The molecule has 0 aliphatic heterocycles. The molecule has 0 radical (unpaired) electrons. The van der Waals surface area contributed by atoms with Gasteiger partial charge in [0, 0.05) is 0 Å². The van der Waals surface area contributed by atoms with Crippen LogP contribution < -0.4 is 0 Å². The van der Waals surface area contributed by atoms with Crippen LogP contribution in [0.25, 0.3) is 0 Å². The maximum Gasteiger partial charge on any atom is -0.0126 e. The predicted octanol–water partition coefficient (Wildman–Crippen LogP) is 5.80. The smallest absolute Gasteiger partial charge is 0.0126 e. The Kier molecular flexibility index (Phi) is 5.86. The van der Waals surface area contributed by atoms with Gasteiger partial charge in [0.25, 0.3) is 0 Å². The summed E-state index contributed by atoms with van der Waals surface area (Å²) in [5.74, 6) is 0. The molecule has 0 fully saturated rings. The molecule has 0 atom stereocenters. The van der Waals surface area contributed by atoms with Crippen molar-refractivity contribution in [3.8, 4) is 0 Å². The fraction of sp³-hybridized carbons (Fsp3) is 0.700. The fourth-order valence-electron chi connectivity index (χ4n) is 4.00.